The first-order chi connectivity index (χ1) is 10.4. The number of amides is 1. The number of benzene rings is 2. The smallest absolute Gasteiger partial charge is 0.238 e. The Bertz CT molecular complexity index is 774. The maximum Gasteiger partial charge on any atom is 0.238 e. The van der Waals surface area contributed by atoms with Crippen LogP contribution in [0, 0.1) is 0 Å². The van der Waals surface area contributed by atoms with Crippen LogP contribution in [0.5, 0.6) is 0 Å². The Labute approximate surface area is 134 Å². The van der Waals surface area contributed by atoms with E-state index in [0.29, 0.717) is 10.7 Å². The van der Waals surface area contributed by atoms with E-state index in [9.17, 15) is 13.2 Å². The summed E-state index contributed by atoms with van der Waals surface area (Å²) in [7, 11) is -1.96. The third-order valence-corrected chi connectivity index (χ3v) is 4.89. The van der Waals surface area contributed by atoms with Crippen LogP contribution in [0.4, 0.5) is 5.69 Å². The molecule has 0 aliphatic carbocycles. The maximum atomic E-state index is 12.5. The van der Waals surface area contributed by atoms with Gasteiger partial charge in [-0.05, 0) is 49.5 Å². The van der Waals surface area contributed by atoms with Gasteiger partial charge >= 0.3 is 0 Å². The van der Waals surface area contributed by atoms with Crippen molar-refractivity contribution in [3.8, 4) is 0 Å². The van der Waals surface area contributed by atoms with E-state index < -0.39 is 9.84 Å². The molecule has 2 aromatic rings. The summed E-state index contributed by atoms with van der Waals surface area (Å²) in [5.41, 5.74) is 0.533. The molecule has 2 N–H and O–H groups in total. The molecule has 116 valence electrons. The standard InChI is InChI=1S/C15H15ClN2O3S/c1-17-10-15(19)18-12-5-7-13(8-6-12)22(20,21)14-4-2-3-11(16)9-14/h2-9,17H,10H2,1H3,(H,18,19). The minimum Gasteiger partial charge on any atom is -0.325 e. The lowest BCUT2D eigenvalue weighted by Crippen LogP contribution is -2.25. The van der Waals surface area contributed by atoms with Gasteiger partial charge in [0.15, 0.2) is 0 Å². The van der Waals surface area contributed by atoms with Crippen molar-refractivity contribution in [2.24, 2.45) is 0 Å². The molecule has 0 saturated carbocycles. The van der Waals surface area contributed by atoms with Crippen LogP contribution in [-0.2, 0) is 14.6 Å². The zero-order valence-electron chi connectivity index (χ0n) is 11.8. The average molecular weight is 339 g/mol. The largest absolute Gasteiger partial charge is 0.325 e. The van der Waals surface area contributed by atoms with Gasteiger partial charge in [-0.15, -0.1) is 0 Å². The fourth-order valence-corrected chi connectivity index (χ4v) is 3.41. The lowest BCUT2D eigenvalue weighted by molar-refractivity contribution is -0.115. The SMILES string of the molecule is CNCC(=O)Nc1ccc(S(=O)(=O)c2cccc(Cl)c2)cc1. The highest BCUT2D eigenvalue weighted by Gasteiger charge is 2.17. The van der Waals surface area contributed by atoms with Crippen molar-refractivity contribution >= 4 is 33.0 Å². The van der Waals surface area contributed by atoms with Gasteiger partial charge in [-0.25, -0.2) is 8.42 Å². The van der Waals surface area contributed by atoms with Gasteiger partial charge < -0.3 is 10.6 Å². The lowest BCUT2D eigenvalue weighted by Gasteiger charge is -2.08. The van der Waals surface area contributed by atoms with E-state index >= 15 is 0 Å². The summed E-state index contributed by atoms with van der Waals surface area (Å²) in [6.45, 7) is 0.183. The monoisotopic (exact) mass is 338 g/mol. The molecule has 0 unspecified atom stereocenters. The molecule has 0 bridgehead atoms. The van der Waals surface area contributed by atoms with Crippen LogP contribution in [0.15, 0.2) is 58.3 Å². The summed E-state index contributed by atoms with van der Waals surface area (Å²) in [4.78, 5) is 11.7. The Hall–Kier alpha value is -1.89. The highest BCUT2D eigenvalue weighted by atomic mass is 35.5. The Morgan fingerprint density at radius 2 is 1.77 bits per heavy atom. The van der Waals surface area contributed by atoms with Crippen LogP contribution < -0.4 is 10.6 Å². The summed E-state index contributed by atoms with van der Waals surface area (Å²) in [5.74, 6) is -0.201. The Morgan fingerprint density at radius 1 is 1.09 bits per heavy atom. The number of anilines is 1. The van der Waals surface area contributed by atoms with Gasteiger partial charge in [0.1, 0.15) is 0 Å². The van der Waals surface area contributed by atoms with E-state index in [1.165, 1.54) is 24.3 Å². The first kappa shape index (κ1) is 16.5. The third kappa shape index (κ3) is 3.85. The van der Waals surface area contributed by atoms with Crippen LogP contribution in [-0.4, -0.2) is 27.9 Å². The number of sulfone groups is 1. The number of hydrogen-bond acceptors (Lipinski definition) is 4. The molecule has 0 aliphatic heterocycles. The molecule has 2 aromatic carbocycles. The van der Waals surface area contributed by atoms with E-state index in [1.54, 1.807) is 31.3 Å². The molecular weight excluding hydrogens is 324 g/mol. The van der Waals surface area contributed by atoms with Gasteiger partial charge in [-0.1, -0.05) is 17.7 Å². The summed E-state index contributed by atoms with van der Waals surface area (Å²) in [5, 5.41) is 5.74. The van der Waals surface area contributed by atoms with Crippen molar-refractivity contribution in [3.05, 3.63) is 53.6 Å². The van der Waals surface area contributed by atoms with Crippen LogP contribution in [0.25, 0.3) is 0 Å². The number of hydrogen-bond donors (Lipinski definition) is 2. The third-order valence-electron chi connectivity index (χ3n) is 2.89. The zero-order valence-corrected chi connectivity index (χ0v) is 13.4. The lowest BCUT2D eigenvalue weighted by atomic mass is 10.3. The minimum atomic E-state index is -3.63. The molecule has 0 radical (unpaired) electrons. The topological polar surface area (TPSA) is 75.3 Å². The molecule has 0 saturated heterocycles. The maximum absolute atomic E-state index is 12.5. The minimum absolute atomic E-state index is 0.131. The number of carbonyl (C=O) groups is 1. The molecule has 0 aliphatic rings. The van der Waals surface area contributed by atoms with E-state index in [2.05, 4.69) is 10.6 Å². The van der Waals surface area contributed by atoms with Crippen molar-refractivity contribution in [3.63, 3.8) is 0 Å². The van der Waals surface area contributed by atoms with Gasteiger partial charge in [-0.2, -0.15) is 0 Å². The molecule has 1 amide bonds. The zero-order chi connectivity index (χ0) is 16.2. The van der Waals surface area contributed by atoms with E-state index in [-0.39, 0.29) is 22.2 Å². The summed E-state index contributed by atoms with van der Waals surface area (Å²) in [6, 6.07) is 12.1. The predicted molar refractivity (Wildman–Crippen MR) is 85.9 cm³/mol. The van der Waals surface area contributed by atoms with Crippen molar-refractivity contribution in [1.29, 1.82) is 0 Å². The number of nitrogens with one attached hydrogen (secondary N) is 2. The molecule has 0 spiro atoms. The molecular formula is C15H15ClN2O3S. The van der Waals surface area contributed by atoms with Crippen molar-refractivity contribution in [2.45, 2.75) is 9.79 Å². The molecule has 7 heteroatoms. The van der Waals surface area contributed by atoms with Crippen LogP contribution in [0.1, 0.15) is 0 Å². The van der Waals surface area contributed by atoms with Gasteiger partial charge in [0.25, 0.3) is 0 Å². The molecule has 0 atom stereocenters. The fourth-order valence-electron chi connectivity index (χ4n) is 1.85. The number of halogens is 1. The van der Waals surface area contributed by atoms with Crippen molar-refractivity contribution < 1.29 is 13.2 Å². The predicted octanol–water partition coefficient (Wildman–Crippen LogP) is 2.33. The van der Waals surface area contributed by atoms with Crippen molar-refractivity contribution in [2.75, 3.05) is 18.9 Å². The molecule has 5 nitrogen and oxygen atoms in total. The summed E-state index contributed by atoms with van der Waals surface area (Å²) >= 11 is 5.83. The van der Waals surface area contributed by atoms with Gasteiger partial charge in [-0.3, -0.25) is 4.79 Å². The van der Waals surface area contributed by atoms with Gasteiger partial charge in [0, 0.05) is 10.7 Å². The van der Waals surface area contributed by atoms with Crippen LogP contribution in [0.2, 0.25) is 5.02 Å². The fraction of sp³-hybridized carbons (Fsp3) is 0.133. The highest BCUT2D eigenvalue weighted by molar-refractivity contribution is 7.91. The number of rotatable bonds is 5. The van der Waals surface area contributed by atoms with Gasteiger partial charge in [0.05, 0.1) is 16.3 Å². The molecule has 0 fully saturated rings. The van der Waals surface area contributed by atoms with Crippen LogP contribution >= 0.6 is 11.6 Å². The van der Waals surface area contributed by atoms with Crippen molar-refractivity contribution in [1.82, 2.24) is 5.32 Å². The number of likely N-dealkylation sites (N-methyl/N-ethyl adjacent to an activating group) is 1. The van der Waals surface area contributed by atoms with E-state index in [0.717, 1.165) is 0 Å². The second-order valence-corrected chi connectivity index (χ2v) is 6.95. The molecule has 2 rings (SSSR count). The average Bonchev–Trinajstić information content (AvgIpc) is 2.48. The molecule has 0 aromatic heterocycles. The Kier molecular flexibility index (Phi) is 5.18. The summed E-state index contributed by atoms with van der Waals surface area (Å²) in [6.07, 6.45) is 0. The Morgan fingerprint density at radius 3 is 2.36 bits per heavy atom. The quantitative estimate of drug-likeness (QED) is 0.877. The highest BCUT2D eigenvalue weighted by Crippen LogP contribution is 2.24. The van der Waals surface area contributed by atoms with E-state index in [1.807, 2.05) is 0 Å². The normalized spacial score (nSPS) is 11.2. The second-order valence-electron chi connectivity index (χ2n) is 4.56. The first-order valence-corrected chi connectivity index (χ1v) is 8.35. The molecule has 0 heterocycles. The Balaban J connectivity index is 2.24. The first-order valence-electron chi connectivity index (χ1n) is 6.48. The molecule has 22 heavy (non-hydrogen) atoms. The van der Waals surface area contributed by atoms with Gasteiger partial charge in [0.2, 0.25) is 15.7 Å². The van der Waals surface area contributed by atoms with E-state index in [4.69, 9.17) is 11.6 Å². The second kappa shape index (κ2) is 6.91. The summed E-state index contributed by atoms with van der Waals surface area (Å²) < 4.78 is 24.9. The number of carbonyl (C=O) groups excluding carboxylic acids is 1. The van der Waals surface area contributed by atoms with Crippen LogP contribution in [0.3, 0.4) is 0 Å².